The lowest BCUT2D eigenvalue weighted by molar-refractivity contribution is 0.161. The maximum atomic E-state index is 10.4. The zero-order valence-electron chi connectivity index (χ0n) is 11.5. The topological polar surface area (TPSA) is 60.9 Å². The van der Waals surface area contributed by atoms with Gasteiger partial charge in [-0.2, -0.15) is 5.10 Å². The van der Waals surface area contributed by atoms with E-state index in [0.717, 1.165) is 22.9 Å². The van der Waals surface area contributed by atoms with Crippen molar-refractivity contribution in [1.82, 2.24) is 15.5 Å². The first-order valence-corrected chi connectivity index (χ1v) is 6.88. The van der Waals surface area contributed by atoms with Crippen LogP contribution in [0.4, 0.5) is 0 Å². The molecular weight excluding hydrogens is 262 g/mol. The molecule has 1 heterocycles. The first-order chi connectivity index (χ1) is 8.94. The highest BCUT2D eigenvalue weighted by Gasteiger charge is 2.19. The molecule has 0 saturated heterocycles. The number of aromatic nitrogens is 2. The average molecular weight is 282 g/mol. The van der Waals surface area contributed by atoms with E-state index in [9.17, 15) is 5.11 Å². The first-order valence-electron chi connectivity index (χ1n) is 6.50. The summed E-state index contributed by atoms with van der Waals surface area (Å²) in [7, 11) is 0. The molecule has 0 amide bonds. The number of benzene rings is 1. The van der Waals surface area contributed by atoms with E-state index in [2.05, 4.69) is 36.3 Å². The number of fused-ring (bicyclic) bond motifs is 1. The van der Waals surface area contributed by atoms with Gasteiger partial charge in [0.2, 0.25) is 0 Å². The van der Waals surface area contributed by atoms with E-state index >= 15 is 0 Å². The van der Waals surface area contributed by atoms with E-state index in [1.165, 1.54) is 0 Å². The summed E-state index contributed by atoms with van der Waals surface area (Å²) >= 11 is 6.09. The van der Waals surface area contributed by atoms with Gasteiger partial charge in [0, 0.05) is 17.5 Å². The van der Waals surface area contributed by atoms with Crippen LogP contribution in [0.3, 0.4) is 0 Å². The van der Waals surface area contributed by atoms with Gasteiger partial charge in [0.25, 0.3) is 0 Å². The molecular formula is C14H20ClN3O. The lowest BCUT2D eigenvalue weighted by atomic mass is 10.00. The number of H-pyrrole nitrogens is 1. The molecule has 0 aliphatic carbocycles. The van der Waals surface area contributed by atoms with Crippen LogP contribution in [0.1, 0.15) is 38.9 Å². The van der Waals surface area contributed by atoms with Crippen LogP contribution < -0.4 is 5.32 Å². The number of β-amino-alcohol motifs (C(OH)–C–C–N with tert-alkyl or cyclic N) is 1. The van der Waals surface area contributed by atoms with E-state index < -0.39 is 6.10 Å². The molecule has 2 aromatic rings. The molecule has 5 heteroatoms. The smallest absolute Gasteiger partial charge is 0.132 e. The van der Waals surface area contributed by atoms with Crippen molar-refractivity contribution in [2.24, 2.45) is 0 Å². The van der Waals surface area contributed by atoms with Crippen molar-refractivity contribution in [2.75, 3.05) is 6.54 Å². The number of aromatic amines is 1. The minimum absolute atomic E-state index is 0.00899. The van der Waals surface area contributed by atoms with Crippen LogP contribution in [0.5, 0.6) is 0 Å². The fourth-order valence-corrected chi connectivity index (χ4v) is 2.19. The third-order valence-corrected chi connectivity index (χ3v) is 3.86. The molecule has 19 heavy (non-hydrogen) atoms. The van der Waals surface area contributed by atoms with Crippen LogP contribution in [-0.4, -0.2) is 27.4 Å². The van der Waals surface area contributed by atoms with Crippen LogP contribution in [-0.2, 0) is 0 Å². The Morgan fingerprint density at radius 1 is 1.47 bits per heavy atom. The highest BCUT2D eigenvalue weighted by atomic mass is 35.5. The van der Waals surface area contributed by atoms with Gasteiger partial charge in [-0.1, -0.05) is 30.7 Å². The second kappa shape index (κ2) is 5.49. The number of aliphatic hydroxyl groups excluding tert-OH is 1. The van der Waals surface area contributed by atoms with Gasteiger partial charge in [0.05, 0.1) is 11.6 Å². The molecule has 104 valence electrons. The van der Waals surface area contributed by atoms with Gasteiger partial charge >= 0.3 is 0 Å². The molecule has 1 aromatic carbocycles. The molecule has 0 bridgehead atoms. The summed E-state index contributed by atoms with van der Waals surface area (Å²) in [6.45, 7) is 6.84. The van der Waals surface area contributed by atoms with Crippen molar-refractivity contribution in [1.29, 1.82) is 0 Å². The van der Waals surface area contributed by atoms with Crippen LogP contribution >= 0.6 is 11.6 Å². The average Bonchev–Trinajstić information content (AvgIpc) is 2.78. The second-order valence-electron chi connectivity index (χ2n) is 5.41. The van der Waals surface area contributed by atoms with Crippen molar-refractivity contribution in [2.45, 2.75) is 38.8 Å². The second-order valence-corrected chi connectivity index (χ2v) is 5.79. The van der Waals surface area contributed by atoms with Crippen LogP contribution in [0.25, 0.3) is 10.9 Å². The molecule has 0 saturated carbocycles. The van der Waals surface area contributed by atoms with E-state index in [4.69, 9.17) is 11.6 Å². The predicted molar refractivity (Wildman–Crippen MR) is 78.4 cm³/mol. The third kappa shape index (κ3) is 3.08. The molecule has 0 aliphatic heterocycles. The van der Waals surface area contributed by atoms with Gasteiger partial charge < -0.3 is 10.4 Å². The Morgan fingerprint density at radius 3 is 2.89 bits per heavy atom. The number of rotatable bonds is 5. The number of aliphatic hydroxyl groups is 1. The minimum Gasteiger partial charge on any atom is -0.387 e. The van der Waals surface area contributed by atoms with Crippen LogP contribution in [0.2, 0.25) is 5.15 Å². The Labute approximate surface area is 118 Å². The summed E-state index contributed by atoms with van der Waals surface area (Å²) in [6.07, 6.45) is 0.390. The molecule has 1 aromatic heterocycles. The summed E-state index contributed by atoms with van der Waals surface area (Å²) in [5, 5.41) is 21.8. The van der Waals surface area contributed by atoms with Crippen molar-refractivity contribution in [3.8, 4) is 0 Å². The standard InChI is InChI=1S/C14H20ClN3O/c1-4-14(2,3)16-8-11(19)9-6-5-7-10-12(9)13(15)18-17-10/h5-7,11,16,19H,4,8H2,1-3H3,(H,17,18)/t11-/m0/s1. The Balaban J connectivity index is 2.22. The summed E-state index contributed by atoms with van der Waals surface area (Å²) in [5.74, 6) is 0. The summed E-state index contributed by atoms with van der Waals surface area (Å²) in [4.78, 5) is 0. The highest BCUT2D eigenvalue weighted by Crippen LogP contribution is 2.28. The lowest BCUT2D eigenvalue weighted by Gasteiger charge is -2.26. The lowest BCUT2D eigenvalue weighted by Crippen LogP contribution is -2.40. The molecule has 0 radical (unpaired) electrons. The Hall–Kier alpha value is -1.10. The fourth-order valence-electron chi connectivity index (χ4n) is 1.94. The number of halogens is 1. The maximum Gasteiger partial charge on any atom is 0.132 e. The van der Waals surface area contributed by atoms with Gasteiger partial charge in [-0.3, -0.25) is 5.10 Å². The van der Waals surface area contributed by atoms with Crippen LogP contribution in [0, 0.1) is 0 Å². The van der Waals surface area contributed by atoms with E-state index in [1.807, 2.05) is 18.2 Å². The number of nitrogens with one attached hydrogen (secondary N) is 2. The highest BCUT2D eigenvalue weighted by molar-refractivity contribution is 6.34. The van der Waals surface area contributed by atoms with E-state index in [-0.39, 0.29) is 5.54 Å². The molecule has 1 atom stereocenters. The van der Waals surface area contributed by atoms with Crippen molar-refractivity contribution < 1.29 is 5.11 Å². The molecule has 4 nitrogen and oxygen atoms in total. The van der Waals surface area contributed by atoms with Gasteiger partial charge in [-0.25, -0.2) is 0 Å². The molecule has 0 spiro atoms. The van der Waals surface area contributed by atoms with Crippen molar-refractivity contribution in [3.63, 3.8) is 0 Å². The van der Waals surface area contributed by atoms with Gasteiger partial charge in [-0.15, -0.1) is 0 Å². The minimum atomic E-state index is -0.607. The Morgan fingerprint density at radius 2 is 2.21 bits per heavy atom. The molecule has 2 rings (SSSR count). The molecule has 0 aliphatic rings. The third-order valence-electron chi connectivity index (χ3n) is 3.59. The SMILES string of the molecule is CCC(C)(C)NC[C@H](O)c1cccc2n[nH]c(Cl)c12. The maximum absolute atomic E-state index is 10.4. The zero-order valence-corrected chi connectivity index (χ0v) is 12.3. The van der Waals surface area contributed by atoms with Gasteiger partial charge in [0.15, 0.2) is 0 Å². The van der Waals surface area contributed by atoms with Crippen molar-refractivity contribution in [3.05, 3.63) is 28.9 Å². The molecule has 0 fully saturated rings. The Bertz CT molecular complexity index is 565. The predicted octanol–water partition coefficient (Wildman–Crippen LogP) is 3.03. The summed E-state index contributed by atoms with van der Waals surface area (Å²) in [6, 6.07) is 5.63. The van der Waals surface area contributed by atoms with Crippen LogP contribution in [0.15, 0.2) is 18.2 Å². The van der Waals surface area contributed by atoms with E-state index in [0.29, 0.717) is 11.7 Å². The number of nitrogens with zero attached hydrogens (tertiary/aromatic N) is 1. The largest absolute Gasteiger partial charge is 0.387 e. The van der Waals surface area contributed by atoms with Gasteiger partial charge in [0.1, 0.15) is 5.15 Å². The quantitative estimate of drug-likeness (QED) is 0.789. The molecule has 0 unspecified atom stereocenters. The monoisotopic (exact) mass is 281 g/mol. The number of hydrogen-bond acceptors (Lipinski definition) is 3. The van der Waals surface area contributed by atoms with Crippen molar-refractivity contribution >= 4 is 22.5 Å². The first kappa shape index (κ1) is 14.3. The molecule has 3 N–H and O–H groups in total. The summed E-state index contributed by atoms with van der Waals surface area (Å²) in [5.41, 5.74) is 1.58. The summed E-state index contributed by atoms with van der Waals surface area (Å²) < 4.78 is 0. The van der Waals surface area contributed by atoms with Gasteiger partial charge in [-0.05, 0) is 31.9 Å². The normalized spacial score (nSPS) is 13.9. The fraction of sp³-hybridized carbons (Fsp3) is 0.500. The Kier molecular flexibility index (Phi) is 4.13. The zero-order chi connectivity index (χ0) is 14.0. The van der Waals surface area contributed by atoms with E-state index in [1.54, 1.807) is 0 Å². The number of hydrogen-bond donors (Lipinski definition) is 3.